The average Bonchev–Trinajstić information content (AvgIpc) is 2.92. The van der Waals surface area contributed by atoms with Crippen molar-refractivity contribution < 1.29 is 4.79 Å². The molecule has 1 amide bonds. The summed E-state index contributed by atoms with van der Waals surface area (Å²) in [5, 5.41) is 21.1. The van der Waals surface area contributed by atoms with E-state index in [4.69, 9.17) is 5.26 Å². The minimum atomic E-state index is -0.0726. The highest BCUT2D eigenvalue weighted by Gasteiger charge is 2.09. The first-order chi connectivity index (χ1) is 10.6. The second-order valence-corrected chi connectivity index (χ2v) is 6.52. The lowest BCUT2D eigenvalue weighted by Gasteiger charge is -2.02. The molecule has 1 heterocycles. The first-order valence-electron chi connectivity index (χ1n) is 7.18. The minimum Gasteiger partial charge on any atom is -0.301 e. The number of benzene rings is 1. The van der Waals surface area contributed by atoms with Gasteiger partial charge in [-0.1, -0.05) is 37.3 Å². The zero-order valence-corrected chi connectivity index (χ0v) is 13.5. The van der Waals surface area contributed by atoms with Gasteiger partial charge in [0.25, 0.3) is 0 Å². The maximum Gasteiger partial charge on any atom is 0.226 e. The fourth-order valence-electron chi connectivity index (χ4n) is 1.92. The maximum absolute atomic E-state index is 11.9. The average molecular weight is 314 g/mol. The number of carbonyl (C=O) groups is 1. The van der Waals surface area contributed by atoms with Crippen LogP contribution in [0, 0.1) is 17.2 Å². The van der Waals surface area contributed by atoms with Crippen molar-refractivity contribution in [3.63, 3.8) is 0 Å². The fourth-order valence-corrected chi connectivity index (χ4v) is 2.89. The van der Waals surface area contributed by atoms with Crippen molar-refractivity contribution in [1.29, 1.82) is 5.26 Å². The third kappa shape index (κ3) is 4.93. The quantitative estimate of drug-likeness (QED) is 0.888. The molecule has 0 unspecified atom stereocenters. The van der Waals surface area contributed by atoms with Gasteiger partial charge in [-0.2, -0.15) is 5.26 Å². The summed E-state index contributed by atoms with van der Waals surface area (Å²) in [5.74, 6) is 0.449. The number of nitriles is 1. The van der Waals surface area contributed by atoms with Crippen molar-refractivity contribution in [2.45, 2.75) is 33.1 Å². The minimum absolute atomic E-state index is 0.0726. The van der Waals surface area contributed by atoms with Crippen LogP contribution < -0.4 is 5.32 Å². The van der Waals surface area contributed by atoms with Crippen molar-refractivity contribution in [1.82, 2.24) is 10.2 Å². The summed E-state index contributed by atoms with van der Waals surface area (Å²) in [6.07, 6.45) is 1.89. The van der Waals surface area contributed by atoms with Gasteiger partial charge in [0.05, 0.1) is 11.6 Å². The molecule has 1 N–H and O–H groups in total. The van der Waals surface area contributed by atoms with E-state index in [9.17, 15) is 4.79 Å². The van der Waals surface area contributed by atoms with E-state index in [0.29, 0.717) is 29.5 Å². The van der Waals surface area contributed by atoms with Gasteiger partial charge in [0.15, 0.2) is 0 Å². The van der Waals surface area contributed by atoms with Crippen LogP contribution in [0.1, 0.15) is 36.4 Å². The van der Waals surface area contributed by atoms with Gasteiger partial charge in [-0.3, -0.25) is 4.79 Å². The molecule has 2 rings (SSSR count). The van der Waals surface area contributed by atoms with E-state index < -0.39 is 0 Å². The second-order valence-electron chi connectivity index (χ2n) is 5.46. The van der Waals surface area contributed by atoms with Crippen molar-refractivity contribution >= 4 is 22.4 Å². The van der Waals surface area contributed by atoms with Gasteiger partial charge in [-0.25, -0.2) is 0 Å². The van der Waals surface area contributed by atoms with Gasteiger partial charge in [0.2, 0.25) is 11.0 Å². The molecule has 0 fully saturated rings. The Bertz CT molecular complexity index is 670. The van der Waals surface area contributed by atoms with E-state index in [1.165, 1.54) is 11.3 Å². The van der Waals surface area contributed by atoms with Crippen molar-refractivity contribution in [3.05, 3.63) is 40.4 Å². The molecule has 0 saturated heterocycles. The van der Waals surface area contributed by atoms with Crippen LogP contribution in [-0.4, -0.2) is 16.1 Å². The lowest BCUT2D eigenvalue weighted by atomic mass is 10.1. The highest BCUT2D eigenvalue weighted by Crippen LogP contribution is 2.18. The maximum atomic E-state index is 11.9. The summed E-state index contributed by atoms with van der Waals surface area (Å²) in [4.78, 5) is 11.9. The molecule has 0 spiro atoms. The van der Waals surface area contributed by atoms with Crippen LogP contribution in [0.25, 0.3) is 0 Å². The Morgan fingerprint density at radius 1 is 1.32 bits per heavy atom. The number of carbonyl (C=O) groups excluding carboxylic acids is 1. The van der Waals surface area contributed by atoms with Gasteiger partial charge in [0, 0.05) is 12.8 Å². The molecular formula is C16H18N4OS. The number of aryl methyl sites for hydroxylation is 1. The molecule has 0 saturated carbocycles. The summed E-state index contributed by atoms with van der Waals surface area (Å²) in [7, 11) is 0. The van der Waals surface area contributed by atoms with E-state index in [0.717, 1.165) is 17.0 Å². The summed E-state index contributed by atoms with van der Waals surface area (Å²) in [6.45, 7) is 4.24. The molecule has 0 radical (unpaired) electrons. The van der Waals surface area contributed by atoms with Gasteiger partial charge >= 0.3 is 0 Å². The van der Waals surface area contributed by atoms with E-state index in [2.05, 4.69) is 35.4 Å². The highest BCUT2D eigenvalue weighted by atomic mass is 32.1. The van der Waals surface area contributed by atoms with E-state index in [1.807, 2.05) is 12.1 Å². The monoisotopic (exact) mass is 314 g/mol. The van der Waals surface area contributed by atoms with E-state index in [-0.39, 0.29) is 5.91 Å². The lowest BCUT2D eigenvalue weighted by molar-refractivity contribution is -0.116. The van der Waals surface area contributed by atoms with Crippen LogP contribution in [-0.2, 0) is 17.6 Å². The fraction of sp³-hybridized carbons (Fsp3) is 0.375. The van der Waals surface area contributed by atoms with Crippen LogP contribution in [0.3, 0.4) is 0 Å². The van der Waals surface area contributed by atoms with Crippen molar-refractivity contribution in [3.8, 4) is 6.07 Å². The van der Waals surface area contributed by atoms with Gasteiger partial charge in [-0.15, -0.1) is 10.2 Å². The Labute approximate surface area is 134 Å². The largest absolute Gasteiger partial charge is 0.301 e. The summed E-state index contributed by atoms with van der Waals surface area (Å²) >= 11 is 1.43. The Kier molecular flexibility index (Phi) is 5.61. The Morgan fingerprint density at radius 3 is 2.68 bits per heavy atom. The third-order valence-electron chi connectivity index (χ3n) is 3.02. The predicted molar refractivity (Wildman–Crippen MR) is 86.6 cm³/mol. The zero-order valence-electron chi connectivity index (χ0n) is 12.7. The van der Waals surface area contributed by atoms with Crippen molar-refractivity contribution in [2.75, 3.05) is 5.32 Å². The molecule has 1 aromatic carbocycles. The second kappa shape index (κ2) is 7.66. The van der Waals surface area contributed by atoms with Gasteiger partial charge in [0.1, 0.15) is 5.01 Å². The molecule has 6 heteroatoms. The third-order valence-corrected chi connectivity index (χ3v) is 3.88. The first-order valence-corrected chi connectivity index (χ1v) is 7.99. The first kappa shape index (κ1) is 16.1. The standard InChI is InChI=1S/C16H18N4OS/c1-11(2)9-15-19-20-16(22-15)18-14(21)8-7-12-3-5-13(10-17)6-4-12/h3-6,11H,7-9H2,1-2H3,(H,18,20,21). The number of nitrogens with one attached hydrogen (secondary N) is 1. The molecule has 5 nitrogen and oxygen atoms in total. The van der Waals surface area contributed by atoms with E-state index >= 15 is 0 Å². The molecule has 0 aliphatic rings. The molecular weight excluding hydrogens is 296 g/mol. The number of amides is 1. The zero-order chi connectivity index (χ0) is 15.9. The van der Waals surface area contributed by atoms with Crippen LogP contribution in [0.2, 0.25) is 0 Å². The van der Waals surface area contributed by atoms with Crippen LogP contribution in [0.4, 0.5) is 5.13 Å². The Hall–Kier alpha value is -2.26. The normalized spacial score (nSPS) is 10.5. The highest BCUT2D eigenvalue weighted by molar-refractivity contribution is 7.15. The van der Waals surface area contributed by atoms with Crippen LogP contribution in [0.15, 0.2) is 24.3 Å². The molecule has 0 aliphatic carbocycles. The summed E-state index contributed by atoms with van der Waals surface area (Å²) in [6, 6.07) is 9.34. The topological polar surface area (TPSA) is 78.7 Å². The van der Waals surface area contributed by atoms with E-state index in [1.54, 1.807) is 12.1 Å². The molecule has 2 aromatic rings. The van der Waals surface area contributed by atoms with Crippen LogP contribution in [0.5, 0.6) is 0 Å². The molecule has 22 heavy (non-hydrogen) atoms. The van der Waals surface area contributed by atoms with Crippen molar-refractivity contribution in [2.24, 2.45) is 5.92 Å². The number of nitrogens with zero attached hydrogens (tertiary/aromatic N) is 3. The Balaban J connectivity index is 1.82. The molecule has 0 bridgehead atoms. The number of anilines is 1. The number of hydrogen-bond acceptors (Lipinski definition) is 5. The summed E-state index contributed by atoms with van der Waals surface area (Å²) < 4.78 is 0. The molecule has 114 valence electrons. The SMILES string of the molecule is CC(C)Cc1nnc(NC(=O)CCc2ccc(C#N)cc2)s1. The molecule has 1 aromatic heterocycles. The summed E-state index contributed by atoms with van der Waals surface area (Å²) in [5.41, 5.74) is 1.66. The molecule has 0 aliphatic heterocycles. The smallest absolute Gasteiger partial charge is 0.226 e. The predicted octanol–water partition coefficient (Wildman–Crippen LogP) is 3.18. The number of aromatic nitrogens is 2. The van der Waals surface area contributed by atoms with Crippen LogP contribution >= 0.6 is 11.3 Å². The molecule has 0 atom stereocenters. The van der Waals surface area contributed by atoms with Gasteiger partial charge < -0.3 is 5.32 Å². The number of rotatable bonds is 6. The lowest BCUT2D eigenvalue weighted by Crippen LogP contribution is -2.12. The number of hydrogen-bond donors (Lipinski definition) is 1. The van der Waals surface area contributed by atoms with Gasteiger partial charge in [-0.05, 0) is 30.0 Å². The Morgan fingerprint density at radius 2 is 2.05 bits per heavy atom.